The molecule has 0 fully saturated rings. The van der Waals surface area contributed by atoms with E-state index in [0.717, 1.165) is 33.1 Å². The molecule has 1 aromatic carbocycles. The maximum Gasteiger partial charge on any atom is 0.261 e. The molecule has 4 nitrogen and oxygen atoms in total. The largest absolute Gasteiger partial charge is 0.351 e. The maximum absolute atomic E-state index is 13.2. The molecule has 0 saturated carbocycles. The summed E-state index contributed by atoms with van der Waals surface area (Å²) in [6, 6.07) is 10.2. The fourth-order valence-electron chi connectivity index (χ4n) is 2.81. The number of amides is 1. The second kappa shape index (κ2) is 8.46. The van der Waals surface area contributed by atoms with Crippen molar-refractivity contribution in [3.8, 4) is 5.69 Å². The number of nitrogens with zero attached hydrogens (tertiary/aromatic N) is 2. The number of hydrogen-bond donors (Lipinski definition) is 1. The van der Waals surface area contributed by atoms with E-state index >= 15 is 0 Å². The van der Waals surface area contributed by atoms with Crippen molar-refractivity contribution < 1.29 is 9.18 Å². The molecule has 0 aliphatic rings. The average Bonchev–Trinajstić information content (AvgIpc) is 3.41. The summed E-state index contributed by atoms with van der Waals surface area (Å²) in [5, 5.41) is 12.7. The van der Waals surface area contributed by atoms with Gasteiger partial charge in [0.15, 0.2) is 0 Å². The Hall–Kier alpha value is -2.16. The Bertz CT molecular complexity index is 1080. The number of halogens is 1. The zero-order valence-electron chi connectivity index (χ0n) is 15.1. The van der Waals surface area contributed by atoms with Crippen LogP contribution in [0, 0.1) is 12.7 Å². The van der Waals surface area contributed by atoms with E-state index in [1.54, 1.807) is 28.2 Å². The highest BCUT2D eigenvalue weighted by Crippen LogP contribution is 2.30. The number of carbonyl (C=O) groups is 1. The lowest BCUT2D eigenvalue weighted by Gasteiger charge is -2.04. The van der Waals surface area contributed by atoms with Crippen molar-refractivity contribution in [3.63, 3.8) is 0 Å². The summed E-state index contributed by atoms with van der Waals surface area (Å²) >= 11 is 4.91. The molecular formula is C20H18FN3OS3. The lowest BCUT2D eigenvalue weighted by atomic mass is 10.3. The molecule has 3 aromatic heterocycles. The van der Waals surface area contributed by atoms with Gasteiger partial charge in [-0.1, -0.05) is 0 Å². The van der Waals surface area contributed by atoms with Crippen LogP contribution in [0.25, 0.3) is 15.9 Å². The number of rotatable bonds is 7. The molecule has 0 radical (unpaired) electrons. The van der Waals surface area contributed by atoms with E-state index in [-0.39, 0.29) is 11.7 Å². The molecule has 28 heavy (non-hydrogen) atoms. The van der Waals surface area contributed by atoms with Crippen LogP contribution in [0.2, 0.25) is 0 Å². The van der Waals surface area contributed by atoms with Gasteiger partial charge in [0, 0.05) is 23.4 Å². The molecule has 0 atom stereocenters. The van der Waals surface area contributed by atoms with Crippen molar-refractivity contribution in [1.29, 1.82) is 0 Å². The minimum atomic E-state index is -0.285. The van der Waals surface area contributed by atoms with Crippen LogP contribution in [-0.4, -0.2) is 28.0 Å². The molecule has 0 saturated heterocycles. The Labute approximate surface area is 174 Å². The second-order valence-corrected chi connectivity index (χ2v) is 9.16. The Morgan fingerprint density at radius 2 is 2.11 bits per heavy atom. The summed E-state index contributed by atoms with van der Waals surface area (Å²) in [6.07, 6.45) is 0. The minimum absolute atomic E-state index is 0.0672. The van der Waals surface area contributed by atoms with Crippen LogP contribution in [0.4, 0.5) is 4.39 Å². The van der Waals surface area contributed by atoms with Crippen LogP contribution in [0.1, 0.15) is 20.9 Å². The van der Waals surface area contributed by atoms with Gasteiger partial charge in [0.25, 0.3) is 5.91 Å². The van der Waals surface area contributed by atoms with Gasteiger partial charge in [0.05, 0.1) is 16.3 Å². The van der Waals surface area contributed by atoms with Crippen molar-refractivity contribution in [3.05, 3.63) is 69.1 Å². The van der Waals surface area contributed by atoms with Crippen LogP contribution >= 0.6 is 34.4 Å². The van der Waals surface area contributed by atoms with Gasteiger partial charge in [-0.2, -0.15) is 28.2 Å². The van der Waals surface area contributed by atoms with Gasteiger partial charge in [-0.15, -0.1) is 11.3 Å². The van der Waals surface area contributed by atoms with Crippen molar-refractivity contribution in [2.75, 3.05) is 12.3 Å². The molecule has 4 aromatic rings. The first-order valence-electron chi connectivity index (χ1n) is 8.74. The summed E-state index contributed by atoms with van der Waals surface area (Å²) < 4.78 is 15.0. The molecule has 0 spiro atoms. The number of nitrogens with one attached hydrogen (secondary N) is 1. The SMILES string of the molecule is Cc1nn(-c2ccc(F)cc2)c2sc(C(=O)NCCSCc3ccsc3)cc12. The molecule has 0 bridgehead atoms. The first kappa shape index (κ1) is 19.2. The van der Waals surface area contributed by atoms with E-state index < -0.39 is 0 Å². The van der Waals surface area contributed by atoms with Crippen LogP contribution in [-0.2, 0) is 5.75 Å². The van der Waals surface area contributed by atoms with Gasteiger partial charge < -0.3 is 5.32 Å². The third kappa shape index (κ3) is 4.14. The van der Waals surface area contributed by atoms with E-state index in [2.05, 4.69) is 27.2 Å². The first-order chi connectivity index (χ1) is 13.6. The summed E-state index contributed by atoms with van der Waals surface area (Å²) in [6.45, 7) is 2.54. The standard InChI is InChI=1S/C20H18FN3OS3/c1-13-17-10-18(19(25)22-7-9-27-12-14-6-8-26-11-14)28-20(17)24(23-13)16-4-2-15(21)3-5-16/h2-6,8,10-11H,7,9,12H2,1H3,(H,22,25). The Morgan fingerprint density at radius 3 is 2.86 bits per heavy atom. The van der Waals surface area contributed by atoms with Crippen LogP contribution in [0.5, 0.6) is 0 Å². The zero-order chi connectivity index (χ0) is 19.5. The van der Waals surface area contributed by atoms with Crippen molar-refractivity contribution in [1.82, 2.24) is 15.1 Å². The number of fused-ring (bicyclic) bond motifs is 1. The molecule has 1 amide bonds. The number of aromatic nitrogens is 2. The first-order valence-corrected chi connectivity index (χ1v) is 11.7. The van der Waals surface area contributed by atoms with Gasteiger partial charge in [0.2, 0.25) is 0 Å². The maximum atomic E-state index is 13.2. The molecular weight excluding hydrogens is 413 g/mol. The highest BCUT2D eigenvalue weighted by atomic mass is 32.2. The van der Waals surface area contributed by atoms with Gasteiger partial charge in [-0.25, -0.2) is 9.07 Å². The molecule has 0 unspecified atom stereocenters. The number of hydrogen-bond acceptors (Lipinski definition) is 5. The molecule has 0 aliphatic carbocycles. The quantitative estimate of drug-likeness (QED) is 0.406. The molecule has 8 heteroatoms. The fourth-order valence-corrected chi connectivity index (χ4v) is 5.48. The normalized spacial score (nSPS) is 11.2. The van der Waals surface area contributed by atoms with Gasteiger partial charge in [-0.05, 0) is 59.6 Å². The average molecular weight is 432 g/mol. The smallest absolute Gasteiger partial charge is 0.261 e. The Kier molecular flexibility index (Phi) is 5.79. The Morgan fingerprint density at radius 1 is 1.29 bits per heavy atom. The highest BCUT2D eigenvalue weighted by molar-refractivity contribution is 7.98. The molecule has 0 aliphatic heterocycles. The number of thioether (sulfide) groups is 1. The number of benzene rings is 1. The molecule has 1 N–H and O–H groups in total. The van der Waals surface area contributed by atoms with Crippen LogP contribution < -0.4 is 5.32 Å². The van der Waals surface area contributed by atoms with Crippen molar-refractivity contribution >= 4 is 50.6 Å². The zero-order valence-corrected chi connectivity index (χ0v) is 17.6. The monoisotopic (exact) mass is 431 g/mol. The Balaban J connectivity index is 1.41. The van der Waals surface area contributed by atoms with E-state index in [1.807, 2.05) is 24.8 Å². The summed E-state index contributed by atoms with van der Waals surface area (Å²) in [5.41, 5.74) is 2.95. The second-order valence-electron chi connectivity index (χ2n) is 6.24. The van der Waals surface area contributed by atoms with E-state index in [4.69, 9.17) is 0 Å². The van der Waals surface area contributed by atoms with Gasteiger partial charge in [0.1, 0.15) is 10.6 Å². The predicted molar refractivity (Wildman–Crippen MR) is 116 cm³/mol. The summed E-state index contributed by atoms with van der Waals surface area (Å²) in [5.74, 6) is 1.48. The van der Waals surface area contributed by atoms with E-state index in [0.29, 0.717) is 11.4 Å². The molecule has 144 valence electrons. The summed E-state index contributed by atoms with van der Waals surface area (Å²) in [7, 11) is 0. The lowest BCUT2D eigenvalue weighted by Crippen LogP contribution is -2.24. The van der Waals surface area contributed by atoms with Gasteiger partial charge in [-0.3, -0.25) is 4.79 Å². The van der Waals surface area contributed by atoms with E-state index in [9.17, 15) is 9.18 Å². The minimum Gasteiger partial charge on any atom is -0.351 e. The van der Waals surface area contributed by atoms with Crippen LogP contribution in [0.3, 0.4) is 0 Å². The summed E-state index contributed by atoms with van der Waals surface area (Å²) in [4.78, 5) is 14.1. The molecule has 3 heterocycles. The van der Waals surface area contributed by atoms with E-state index in [1.165, 1.54) is 29.0 Å². The van der Waals surface area contributed by atoms with Crippen LogP contribution in [0.15, 0.2) is 47.2 Å². The fraction of sp³-hybridized carbons (Fsp3) is 0.200. The molecule has 4 rings (SSSR count). The predicted octanol–water partition coefficient (Wildman–Crippen LogP) is 5.26. The van der Waals surface area contributed by atoms with Gasteiger partial charge >= 0.3 is 0 Å². The third-order valence-electron chi connectivity index (χ3n) is 4.22. The number of thiophene rings is 2. The number of carbonyl (C=O) groups excluding carboxylic acids is 1. The van der Waals surface area contributed by atoms with Crippen molar-refractivity contribution in [2.24, 2.45) is 0 Å². The highest BCUT2D eigenvalue weighted by Gasteiger charge is 2.17. The number of aryl methyl sites for hydroxylation is 1. The topological polar surface area (TPSA) is 46.9 Å². The van der Waals surface area contributed by atoms with Crippen molar-refractivity contribution in [2.45, 2.75) is 12.7 Å². The third-order valence-corrected chi connectivity index (χ3v) is 7.09. The lowest BCUT2D eigenvalue weighted by molar-refractivity contribution is 0.0960.